The average molecular weight is 431 g/mol. The van der Waals surface area contributed by atoms with Crippen LogP contribution in [0.4, 0.5) is 5.69 Å². The molecule has 0 aliphatic heterocycles. The first-order valence-corrected chi connectivity index (χ1v) is 11.7. The molecule has 0 spiro atoms. The molecule has 1 aromatic heterocycles. The standard InChI is InChI=1S/C27H34N4O/c1-20-25(21(2)31(29-20)24-15-8-5-9-16-24)18-27(32)28-26-17-11-10-12-22(26)19-30(3)23-13-6-4-7-14-23/h5,8-12,15-17,23H,4,6-7,13-14,18-19H2,1-3H3,(H,28,32). The Morgan fingerprint density at radius 1 is 1.03 bits per heavy atom. The van der Waals surface area contributed by atoms with Gasteiger partial charge in [-0.25, -0.2) is 4.68 Å². The van der Waals surface area contributed by atoms with Crippen molar-refractivity contribution in [3.8, 4) is 5.69 Å². The average Bonchev–Trinajstić information content (AvgIpc) is 3.09. The van der Waals surface area contributed by atoms with Gasteiger partial charge in [0.25, 0.3) is 0 Å². The SMILES string of the molecule is Cc1nn(-c2ccccc2)c(C)c1CC(=O)Nc1ccccc1CN(C)C1CCCCC1. The van der Waals surface area contributed by atoms with Crippen LogP contribution in [-0.2, 0) is 17.8 Å². The minimum atomic E-state index is -0.00317. The van der Waals surface area contributed by atoms with Gasteiger partial charge in [0.2, 0.25) is 5.91 Å². The molecule has 32 heavy (non-hydrogen) atoms. The monoisotopic (exact) mass is 430 g/mol. The molecule has 0 radical (unpaired) electrons. The van der Waals surface area contributed by atoms with Gasteiger partial charge in [0.05, 0.1) is 17.8 Å². The van der Waals surface area contributed by atoms with E-state index in [0.717, 1.165) is 34.9 Å². The molecule has 0 bridgehead atoms. The van der Waals surface area contributed by atoms with Crippen LogP contribution in [0, 0.1) is 13.8 Å². The third-order valence-corrected chi connectivity index (χ3v) is 6.69. The molecule has 4 rings (SSSR count). The molecule has 168 valence electrons. The maximum atomic E-state index is 13.0. The number of hydrogen-bond acceptors (Lipinski definition) is 3. The number of para-hydroxylation sites is 2. The van der Waals surface area contributed by atoms with Gasteiger partial charge in [-0.1, -0.05) is 55.7 Å². The normalized spacial score (nSPS) is 14.6. The van der Waals surface area contributed by atoms with Crippen LogP contribution >= 0.6 is 0 Å². The number of anilines is 1. The summed E-state index contributed by atoms with van der Waals surface area (Å²) in [6.07, 6.45) is 6.86. The van der Waals surface area contributed by atoms with E-state index in [0.29, 0.717) is 12.5 Å². The minimum absolute atomic E-state index is 0.00317. The lowest BCUT2D eigenvalue weighted by Crippen LogP contribution is -2.33. The summed E-state index contributed by atoms with van der Waals surface area (Å²) in [5.41, 5.74) is 5.98. The lowest BCUT2D eigenvalue weighted by atomic mass is 9.94. The van der Waals surface area contributed by atoms with E-state index in [1.54, 1.807) is 0 Å². The molecule has 0 unspecified atom stereocenters. The van der Waals surface area contributed by atoms with E-state index in [2.05, 4.69) is 34.5 Å². The van der Waals surface area contributed by atoms with Crippen LogP contribution in [-0.4, -0.2) is 33.7 Å². The van der Waals surface area contributed by atoms with Crippen molar-refractivity contribution in [2.24, 2.45) is 0 Å². The summed E-state index contributed by atoms with van der Waals surface area (Å²) in [4.78, 5) is 15.5. The van der Waals surface area contributed by atoms with Crippen LogP contribution in [0.3, 0.4) is 0 Å². The van der Waals surface area contributed by atoms with E-state index in [1.165, 1.54) is 37.7 Å². The van der Waals surface area contributed by atoms with Crippen molar-refractivity contribution >= 4 is 11.6 Å². The maximum Gasteiger partial charge on any atom is 0.228 e. The predicted molar refractivity (Wildman–Crippen MR) is 130 cm³/mol. The van der Waals surface area contributed by atoms with E-state index >= 15 is 0 Å². The van der Waals surface area contributed by atoms with E-state index in [1.807, 2.05) is 61.0 Å². The molecule has 1 aliphatic rings. The fourth-order valence-electron chi connectivity index (χ4n) is 4.81. The second kappa shape index (κ2) is 10.1. The Morgan fingerprint density at radius 3 is 2.47 bits per heavy atom. The van der Waals surface area contributed by atoms with Crippen molar-refractivity contribution < 1.29 is 4.79 Å². The predicted octanol–water partition coefficient (Wildman–Crippen LogP) is 5.43. The van der Waals surface area contributed by atoms with Crippen molar-refractivity contribution in [1.29, 1.82) is 0 Å². The zero-order valence-corrected chi connectivity index (χ0v) is 19.5. The molecule has 0 atom stereocenters. The van der Waals surface area contributed by atoms with Crippen LogP contribution in [0.2, 0.25) is 0 Å². The highest BCUT2D eigenvalue weighted by atomic mass is 16.1. The van der Waals surface area contributed by atoms with Crippen molar-refractivity contribution in [1.82, 2.24) is 14.7 Å². The molecule has 3 aromatic rings. The molecule has 1 heterocycles. The van der Waals surface area contributed by atoms with Crippen LogP contribution in [0.1, 0.15) is 54.6 Å². The topological polar surface area (TPSA) is 50.2 Å². The van der Waals surface area contributed by atoms with Gasteiger partial charge in [-0.3, -0.25) is 9.69 Å². The highest BCUT2D eigenvalue weighted by Crippen LogP contribution is 2.25. The Balaban J connectivity index is 1.46. The third kappa shape index (κ3) is 5.10. The smallest absolute Gasteiger partial charge is 0.228 e. The Labute approximate surface area is 191 Å². The van der Waals surface area contributed by atoms with Gasteiger partial charge in [-0.15, -0.1) is 0 Å². The zero-order valence-electron chi connectivity index (χ0n) is 19.5. The van der Waals surface area contributed by atoms with Crippen LogP contribution in [0.5, 0.6) is 0 Å². The molecule has 1 amide bonds. The summed E-state index contributed by atoms with van der Waals surface area (Å²) in [6.45, 7) is 4.86. The molecular weight excluding hydrogens is 396 g/mol. The van der Waals surface area contributed by atoms with E-state index in [9.17, 15) is 4.79 Å². The molecular formula is C27H34N4O. The fraction of sp³-hybridized carbons (Fsp3) is 0.407. The van der Waals surface area contributed by atoms with E-state index in [4.69, 9.17) is 0 Å². The number of aryl methyl sites for hydroxylation is 1. The van der Waals surface area contributed by atoms with E-state index < -0.39 is 0 Å². The zero-order chi connectivity index (χ0) is 22.5. The summed E-state index contributed by atoms with van der Waals surface area (Å²) < 4.78 is 1.92. The number of amides is 1. The van der Waals surface area contributed by atoms with E-state index in [-0.39, 0.29) is 5.91 Å². The lowest BCUT2D eigenvalue weighted by molar-refractivity contribution is -0.115. The number of nitrogens with one attached hydrogen (secondary N) is 1. The first-order chi connectivity index (χ1) is 15.5. The molecule has 5 nitrogen and oxygen atoms in total. The van der Waals surface area contributed by atoms with Crippen molar-refractivity contribution in [3.05, 3.63) is 77.1 Å². The summed E-state index contributed by atoms with van der Waals surface area (Å²) in [7, 11) is 2.21. The maximum absolute atomic E-state index is 13.0. The summed E-state index contributed by atoms with van der Waals surface area (Å²) in [5, 5.41) is 7.85. The first-order valence-electron chi connectivity index (χ1n) is 11.7. The Bertz CT molecular complexity index is 1050. The number of hydrogen-bond donors (Lipinski definition) is 1. The summed E-state index contributed by atoms with van der Waals surface area (Å²) in [5.74, 6) is -0.00317. The summed E-state index contributed by atoms with van der Waals surface area (Å²) >= 11 is 0. The molecule has 1 fully saturated rings. The fourth-order valence-corrected chi connectivity index (χ4v) is 4.81. The van der Waals surface area contributed by atoms with Crippen LogP contribution in [0.25, 0.3) is 5.69 Å². The summed E-state index contributed by atoms with van der Waals surface area (Å²) in [6, 6.07) is 18.9. The minimum Gasteiger partial charge on any atom is -0.325 e. The van der Waals surface area contributed by atoms with Crippen LogP contribution < -0.4 is 5.32 Å². The van der Waals surface area contributed by atoms with Gasteiger partial charge in [0.15, 0.2) is 0 Å². The Kier molecular flexibility index (Phi) is 7.05. The number of benzene rings is 2. The van der Waals surface area contributed by atoms with Gasteiger partial charge < -0.3 is 5.32 Å². The number of carbonyl (C=O) groups excluding carboxylic acids is 1. The molecule has 2 aromatic carbocycles. The quantitative estimate of drug-likeness (QED) is 0.543. The highest BCUT2D eigenvalue weighted by molar-refractivity contribution is 5.93. The van der Waals surface area contributed by atoms with Gasteiger partial charge in [0.1, 0.15) is 0 Å². The van der Waals surface area contributed by atoms with Gasteiger partial charge in [-0.2, -0.15) is 5.10 Å². The molecule has 0 saturated heterocycles. The second-order valence-electron chi connectivity index (χ2n) is 8.99. The highest BCUT2D eigenvalue weighted by Gasteiger charge is 2.20. The molecule has 1 saturated carbocycles. The molecule has 1 N–H and O–H groups in total. The Hall–Kier alpha value is -2.92. The van der Waals surface area contributed by atoms with Gasteiger partial charge in [0, 0.05) is 29.5 Å². The number of nitrogens with zero attached hydrogens (tertiary/aromatic N) is 3. The first kappa shape index (κ1) is 22.3. The number of aromatic nitrogens is 2. The number of carbonyl (C=O) groups is 1. The third-order valence-electron chi connectivity index (χ3n) is 6.69. The van der Waals surface area contributed by atoms with Crippen molar-refractivity contribution in [2.75, 3.05) is 12.4 Å². The largest absolute Gasteiger partial charge is 0.325 e. The second-order valence-corrected chi connectivity index (χ2v) is 8.99. The molecule has 1 aliphatic carbocycles. The Morgan fingerprint density at radius 2 is 1.72 bits per heavy atom. The lowest BCUT2D eigenvalue weighted by Gasteiger charge is -2.31. The number of rotatable bonds is 7. The van der Waals surface area contributed by atoms with Crippen molar-refractivity contribution in [2.45, 2.75) is 65.0 Å². The van der Waals surface area contributed by atoms with Gasteiger partial charge in [-0.05, 0) is 57.5 Å². The van der Waals surface area contributed by atoms with Gasteiger partial charge >= 0.3 is 0 Å². The van der Waals surface area contributed by atoms with Crippen molar-refractivity contribution in [3.63, 3.8) is 0 Å². The molecule has 5 heteroatoms. The van der Waals surface area contributed by atoms with Crippen LogP contribution in [0.15, 0.2) is 54.6 Å².